The number of amides is 1. The number of hydrogen-bond donors (Lipinski definition) is 1. The van der Waals surface area contributed by atoms with Crippen molar-refractivity contribution in [2.75, 3.05) is 25.3 Å². The number of aromatic nitrogens is 2. The summed E-state index contributed by atoms with van der Waals surface area (Å²) in [7, 11) is 0. The average Bonchev–Trinajstić information content (AvgIpc) is 3.26. The second-order valence-corrected chi connectivity index (χ2v) is 6.71. The van der Waals surface area contributed by atoms with Crippen molar-refractivity contribution in [3.8, 4) is 22.9 Å². The van der Waals surface area contributed by atoms with E-state index in [1.54, 1.807) is 25.1 Å². The van der Waals surface area contributed by atoms with E-state index < -0.39 is 29.9 Å². The fourth-order valence-corrected chi connectivity index (χ4v) is 2.97. The summed E-state index contributed by atoms with van der Waals surface area (Å²) >= 11 is 0. The topological polar surface area (TPSA) is 118 Å². The first-order valence-corrected chi connectivity index (χ1v) is 9.84. The molecule has 0 aliphatic carbocycles. The Kier molecular flexibility index (Phi) is 6.20. The molecular weight excluding hydrogens is 437 g/mol. The number of esters is 1. The molecule has 1 aliphatic heterocycles. The second kappa shape index (κ2) is 9.39. The summed E-state index contributed by atoms with van der Waals surface area (Å²) in [6.07, 6.45) is 0. The first-order valence-electron chi connectivity index (χ1n) is 9.84. The first kappa shape index (κ1) is 21.8. The predicted octanol–water partition coefficient (Wildman–Crippen LogP) is 2.29. The summed E-state index contributed by atoms with van der Waals surface area (Å²) in [6.45, 7) is 1.25. The van der Waals surface area contributed by atoms with Gasteiger partial charge in [0.25, 0.3) is 11.5 Å². The van der Waals surface area contributed by atoms with Crippen molar-refractivity contribution < 1.29 is 32.9 Å². The molecule has 0 bridgehead atoms. The van der Waals surface area contributed by atoms with Crippen LogP contribution in [0, 0.1) is 5.82 Å². The van der Waals surface area contributed by atoms with Crippen LogP contribution in [0.5, 0.6) is 17.2 Å². The van der Waals surface area contributed by atoms with Crippen LogP contribution >= 0.6 is 0 Å². The van der Waals surface area contributed by atoms with Crippen molar-refractivity contribution in [3.05, 3.63) is 70.4 Å². The zero-order chi connectivity index (χ0) is 23.4. The number of fused-ring (bicyclic) bond motifs is 1. The third kappa shape index (κ3) is 4.92. The quantitative estimate of drug-likeness (QED) is 0.540. The first-order chi connectivity index (χ1) is 15.9. The molecule has 0 radical (unpaired) electrons. The Morgan fingerprint density at radius 2 is 1.88 bits per heavy atom. The number of ether oxygens (including phenoxy) is 4. The van der Waals surface area contributed by atoms with Gasteiger partial charge in [0.15, 0.2) is 23.9 Å². The summed E-state index contributed by atoms with van der Waals surface area (Å²) in [6, 6.07) is 10.8. The van der Waals surface area contributed by atoms with Crippen molar-refractivity contribution in [1.29, 1.82) is 0 Å². The molecular formula is C22H18FN3O7. The number of anilines is 1. The summed E-state index contributed by atoms with van der Waals surface area (Å²) in [5.41, 5.74) is -0.278. The third-order valence-corrected chi connectivity index (χ3v) is 4.45. The van der Waals surface area contributed by atoms with Crippen LogP contribution in [0.3, 0.4) is 0 Å². The lowest BCUT2D eigenvalue weighted by Gasteiger charge is -2.13. The van der Waals surface area contributed by atoms with Crippen LogP contribution in [0.1, 0.15) is 17.4 Å². The Morgan fingerprint density at radius 1 is 1.12 bits per heavy atom. The zero-order valence-corrected chi connectivity index (χ0v) is 17.4. The lowest BCUT2D eigenvalue weighted by atomic mass is 10.3. The molecule has 1 amide bonds. The molecule has 1 aromatic heterocycles. The van der Waals surface area contributed by atoms with E-state index in [2.05, 4.69) is 10.4 Å². The molecule has 0 unspecified atom stereocenters. The smallest absolute Gasteiger partial charge is 0.362 e. The third-order valence-electron chi connectivity index (χ3n) is 4.45. The van der Waals surface area contributed by atoms with Gasteiger partial charge in [-0.05, 0) is 43.3 Å². The fraction of sp³-hybridized carbons (Fsp3) is 0.182. The van der Waals surface area contributed by atoms with E-state index in [0.29, 0.717) is 17.2 Å². The predicted molar refractivity (Wildman–Crippen MR) is 112 cm³/mol. The molecule has 0 atom stereocenters. The van der Waals surface area contributed by atoms with E-state index in [0.717, 1.165) is 22.9 Å². The van der Waals surface area contributed by atoms with Crippen molar-refractivity contribution in [2.24, 2.45) is 0 Å². The number of halogens is 1. The Labute approximate surface area is 186 Å². The molecule has 10 nitrogen and oxygen atoms in total. The Bertz CT molecular complexity index is 1260. The highest BCUT2D eigenvalue weighted by atomic mass is 19.1. The maximum absolute atomic E-state index is 13.2. The standard InChI is InChI=1S/C22H18FN3O7/c1-2-30-22(29)21-18(10-20(28)26(25-21)15-6-3-13(23)4-7-15)31-11-19(27)24-14-5-8-16-17(9-14)33-12-32-16/h3-10H,2,11-12H2,1H3,(H,24,27). The second-order valence-electron chi connectivity index (χ2n) is 6.71. The highest BCUT2D eigenvalue weighted by Crippen LogP contribution is 2.34. The van der Waals surface area contributed by atoms with Gasteiger partial charge in [0.05, 0.1) is 18.4 Å². The average molecular weight is 455 g/mol. The molecule has 2 aromatic carbocycles. The molecule has 1 N–H and O–H groups in total. The van der Waals surface area contributed by atoms with Crippen LogP contribution in [0.4, 0.5) is 10.1 Å². The van der Waals surface area contributed by atoms with E-state index in [-0.39, 0.29) is 30.5 Å². The number of nitrogens with zero attached hydrogens (tertiary/aromatic N) is 2. The largest absolute Gasteiger partial charge is 0.481 e. The zero-order valence-electron chi connectivity index (χ0n) is 17.4. The van der Waals surface area contributed by atoms with Crippen molar-refractivity contribution in [3.63, 3.8) is 0 Å². The maximum atomic E-state index is 13.2. The van der Waals surface area contributed by atoms with Gasteiger partial charge in [-0.2, -0.15) is 9.78 Å². The molecule has 0 saturated carbocycles. The lowest BCUT2D eigenvalue weighted by molar-refractivity contribution is -0.118. The Hall–Kier alpha value is -4.41. The molecule has 0 fully saturated rings. The van der Waals surface area contributed by atoms with Crippen molar-refractivity contribution in [2.45, 2.75) is 6.92 Å². The molecule has 1 aliphatic rings. The minimum absolute atomic E-state index is 0.0558. The molecule has 170 valence electrons. The highest BCUT2D eigenvalue weighted by molar-refractivity contribution is 5.93. The number of carbonyl (C=O) groups is 2. The molecule has 4 rings (SSSR count). The number of carbonyl (C=O) groups excluding carboxylic acids is 2. The van der Waals surface area contributed by atoms with Crippen molar-refractivity contribution >= 4 is 17.6 Å². The summed E-state index contributed by atoms with van der Waals surface area (Å²) in [4.78, 5) is 37.3. The Morgan fingerprint density at radius 3 is 2.64 bits per heavy atom. The van der Waals surface area contributed by atoms with Crippen LogP contribution in [0.25, 0.3) is 5.69 Å². The van der Waals surface area contributed by atoms with E-state index in [9.17, 15) is 18.8 Å². The van der Waals surface area contributed by atoms with Crippen LogP contribution in [-0.2, 0) is 9.53 Å². The van der Waals surface area contributed by atoms with Gasteiger partial charge in [-0.15, -0.1) is 0 Å². The van der Waals surface area contributed by atoms with Crippen LogP contribution < -0.4 is 25.1 Å². The molecule has 0 spiro atoms. The number of benzene rings is 2. The van der Waals surface area contributed by atoms with Gasteiger partial charge in [0.2, 0.25) is 12.5 Å². The van der Waals surface area contributed by atoms with Gasteiger partial charge in [-0.25, -0.2) is 9.18 Å². The number of hydrogen-bond acceptors (Lipinski definition) is 8. The van der Waals surface area contributed by atoms with E-state index in [1.165, 1.54) is 12.1 Å². The Balaban J connectivity index is 1.53. The molecule has 3 aromatic rings. The monoisotopic (exact) mass is 455 g/mol. The lowest BCUT2D eigenvalue weighted by Crippen LogP contribution is -2.27. The molecule has 0 saturated heterocycles. The van der Waals surface area contributed by atoms with Crippen molar-refractivity contribution in [1.82, 2.24) is 9.78 Å². The van der Waals surface area contributed by atoms with Crippen LogP contribution in [0.15, 0.2) is 53.3 Å². The number of nitrogens with one attached hydrogen (secondary N) is 1. The van der Waals surface area contributed by atoms with E-state index in [1.807, 2.05) is 0 Å². The normalized spacial score (nSPS) is 11.7. The van der Waals surface area contributed by atoms with Crippen LogP contribution in [-0.4, -0.2) is 41.7 Å². The molecule has 11 heteroatoms. The molecule has 2 heterocycles. The summed E-state index contributed by atoms with van der Waals surface area (Å²) in [5.74, 6) is -1.06. The minimum atomic E-state index is -0.848. The van der Waals surface area contributed by atoms with E-state index in [4.69, 9.17) is 18.9 Å². The number of rotatable bonds is 7. The maximum Gasteiger partial charge on any atom is 0.362 e. The summed E-state index contributed by atoms with van der Waals surface area (Å²) in [5, 5.41) is 6.63. The van der Waals surface area contributed by atoms with Gasteiger partial charge in [0.1, 0.15) is 5.82 Å². The molecule has 33 heavy (non-hydrogen) atoms. The summed E-state index contributed by atoms with van der Waals surface area (Å²) < 4.78 is 35.0. The van der Waals surface area contributed by atoms with Gasteiger partial charge < -0.3 is 24.3 Å². The van der Waals surface area contributed by atoms with E-state index >= 15 is 0 Å². The van der Waals surface area contributed by atoms with Gasteiger partial charge in [0, 0.05) is 11.8 Å². The SMILES string of the molecule is CCOC(=O)c1nn(-c2ccc(F)cc2)c(=O)cc1OCC(=O)Nc1ccc2c(c1)OCO2. The van der Waals surface area contributed by atoms with Crippen LogP contribution in [0.2, 0.25) is 0 Å². The highest BCUT2D eigenvalue weighted by Gasteiger charge is 2.21. The van der Waals surface area contributed by atoms with Gasteiger partial charge >= 0.3 is 5.97 Å². The van der Waals surface area contributed by atoms with Gasteiger partial charge in [-0.1, -0.05) is 0 Å². The van der Waals surface area contributed by atoms with Gasteiger partial charge in [-0.3, -0.25) is 9.59 Å². The fourth-order valence-electron chi connectivity index (χ4n) is 2.97. The minimum Gasteiger partial charge on any atom is -0.481 e.